The van der Waals surface area contributed by atoms with E-state index in [9.17, 15) is 18.0 Å². The largest absolute Gasteiger partial charge is 0.497 e. The minimum atomic E-state index is -4.38. The topological polar surface area (TPSA) is 73.6 Å². The van der Waals surface area contributed by atoms with E-state index in [2.05, 4.69) is 5.32 Å². The Kier molecular flexibility index (Phi) is 3.90. The molecule has 0 aromatic heterocycles. The summed E-state index contributed by atoms with van der Waals surface area (Å²) in [4.78, 5) is 12.5. The van der Waals surface area contributed by atoms with Gasteiger partial charge in [-0.3, -0.25) is 4.79 Å². The lowest BCUT2D eigenvalue weighted by Crippen LogP contribution is -2.66. The van der Waals surface area contributed by atoms with Crippen LogP contribution in [0.5, 0.6) is 5.75 Å². The van der Waals surface area contributed by atoms with E-state index in [0.717, 1.165) is 0 Å². The van der Waals surface area contributed by atoms with Gasteiger partial charge in [0.15, 0.2) is 5.60 Å². The zero-order valence-corrected chi connectivity index (χ0v) is 13.2. The summed E-state index contributed by atoms with van der Waals surface area (Å²) in [5.74, 6) is 0.107. The fourth-order valence-corrected chi connectivity index (χ4v) is 3.41. The smallest absolute Gasteiger partial charge is 0.417 e. The van der Waals surface area contributed by atoms with Crippen LogP contribution in [-0.4, -0.2) is 36.9 Å². The Balaban J connectivity index is 1.73. The summed E-state index contributed by atoms with van der Waals surface area (Å²) in [7, 11) is 1.49. The highest BCUT2D eigenvalue weighted by atomic mass is 19.4. The Morgan fingerprint density at radius 1 is 1.29 bits per heavy atom. The van der Waals surface area contributed by atoms with Crippen LogP contribution in [0.3, 0.4) is 0 Å². The maximum Gasteiger partial charge on any atom is 0.417 e. The SMILES string of the molecule is COc1ccc(C(=O)NC23CCC(C(F)(F)F)(CC2)OC3)c(N)c1. The van der Waals surface area contributed by atoms with Crippen LogP contribution in [0, 0.1) is 0 Å². The monoisotopic (exact) mass is 344 g/mol. The summed E-state index contributed by atoms with van der Waals surface area (Å²) in [6.45, 7) is -0.145. The number of benzene rings is 1. The molecule has 2 bridgehead atoms. The zero-order valence-electron chi connectivity index (χ0n) is 13.2. The van der Waals surface area contributed by atoms with Gasteiger partial charge in [0.25, 0.3) is 5.91 Å². The first-order chi connectivity index (χ1) is 11.2. The summed E-state index contributed by atoms with van der Waals surface area (Å²) in [5, 5.41) is 2.83. The highest BCUT2D eigenvalue weighted by Crippen LogP contribution is 2.51. The molecule has 1 saturated carbocycles. The molecule has 132 valence electrons. The first-order valence-electron chi connectivity index (χ1n) is 7.67. The summed E-state index contributed by atoms with van der Waals surface area (Å²) >= 11 is 0. The molecule has 3 aliphatic rings. The van der Waals surface area contributed by atoms with Crippen molar-refractivity contribution >= 4 is 11.6 Å². The van der Waals surface area contributed by atoms with Gasteiger partial charge in [0.1, 0.15) is 5.75 Å². The van der Waals surface area contributed by atoms with Crippen LogP contribution in [0.25, 0.3) is 0 Å². The average Bonchev–Trinajstić information content (AvgIpc) is 2.54. The van der Waals surface area contributed by atoms with E-state index < -0.39 is 23.2 Å². The number of carbonyl (C=O) groups excluding carboxylic acids is 1. The molecule has 2 aliphatic heterocycles. The molecule has 0 radical (unpaired) electrons. The molecular formula is C16H19F3N2O3. The molecule has 2 saturated heterocycles. The number of carbonyl (C=O) groups is 1. The number of hydrogen-bond acceptors (Lipinski definition) is 4. The van der Waals surface area contributed by atoms with E-state index in [1.165, 1.54) is 19.2 Å². The number of fused-ring (bicyclic) bond motifs is 3. The number of hydrogen-bond donors (Lipinski definition) is 2. The molecule has 0 unspecified atom stereocenters. The number of halogens is 3. The van der Waals surface area contributed by atoms with Crippen molar-refractivity contribution in [1.82, 2.24) is 5.32 Å². The predicted octanol–water partition coefficient (Wildman–Crippen LogP) is 2.65. The van der Waals surface area contributed by atoms with Gasteiger partial charge in [0, 0.05) is 11.8 Å². The minimum Gasteiger partial charge on any atom is -0.497 e. The van der Waals surface area contributed by atoms with Gasteiger partial charge >= 0.3 is 6.18 Å². The molecule has 4 rings (SSSR count). The van der Waals surface area contributed by atoms with Gasteiger partial charge in [-0.2, -0.15) is 13.2 Å². The number of alkyl halides is 3. The number of ether oxygens (including phenoxy) is 2. The first-order valence-corrected chi connectivity index (χ1v) is 7.67. The van der Waals surface area contributed by atoms with E-state index in [0.29, 0.717) is 5.75 Å². The van der Waals surface area contributed by atoms with Crippen LogP contribution in [-0.2, 0) is 4.74 Å². The molecule has 1 aliphatic carbocycles. The summed E-state index contributed by atoms with van der Waals surface area (Å²) in [6.07, 6.45) is -4.21. The summed E-state index contributed by atoms with van der Waals surface area (Å²) in [6, 6.07) is 4.67. The van der Waals surface area contributed by atoms with Gasteiger partial charge in [0.05, 0.1) is 24.8 Å². The van der Waals surface area contributed by atoms with E-state index in [1.54, 1.807) is 6.07 Å². The molecule has 1 amide bonds. The Morgan fingerprint density at radius 3 is 2.42 bits per heavy atom. The van der Waals surface area contributed by atoms with Gasteiger partial charge in [-0.05, 0) is 37.8 Å². The van der Waals surface area contributed by atoms with Crippen molar-refractivity contribution in [2.24, 2.45) is 0 Å². The molecular weight excluding hydrogens is 325 g/mol. The normalized spacial score (nSPS) is 29.3. The molecule has 5 nitrogen and oxygen atoms in total. The second-order valence-electron chi connectivity index (χ2n) is 6.47. The highest BCUT2D eigenvalue weighted by Gasteiger charge is 2.63. The quantitative estimate of drug-likeness (QED) is 0.827. The van der Waals surface area contributed by atoms with Crippen LogP contribution in [0.15, 0.2) is 18.2 Å². The van der Waals surface area contributed by atoms with Crippen molar-refractivity contribution in [3.8, 4) is 5.75 Å². The van der Waals surface area contributed by atoms with Gasteiger partial charge < -0.3 is 20.5 Å². The Labute approximate surface area is 137 Å². The lowest BCUT2D eigenvalue weighted by atomic mass is 9.70. The van der Waals surface area contributed by atoms with Crippen molar-refractivity contribution in [2.75, 3.05) is 19.5 Å². The second kappa shape index (κ2) is 5.54. The van der Waals surface area contributed by atoms with Crippen LogP contribution in [0.1, 0.15) is 36.0 Å². The predicted molar refractivity (Wildman–Crippen MR) is 80.8 cm³/mol. The molecule has 24 heavy (non-hydrogen) atoms. The first kappa shape index (κ1) is 16.9. The van der Waals surface area contributed by atoms with Crippen molar-refractivity contribution in [2.45, 2.75) is 43.0 Å². The van der Waals surface area contributed by atoms with Crippen molar-refractivity contribution in [3.63, 3.8) is 0 Å². The highest BCUT2D eigenvalue weighted by molar-refractivity contribution is 5.99. The van der Waals surface area contributed by atoms with E-state index in [4.69, 9.17) is 15.2 Å². The second-order valence-corrected chi connectivity index (χ2v) is 6.47. The summed E-state index contributed by atoms with van der Waals surface area (Å²) in [5.41, 5.74) is 3.55. The molecule has 1 aromatic rings. The number of amides is 1. The third kappa shape index (κ3) is 2.68. The number of anilines is 1. The minimum absolute atomic E-state index is 0.144. The maximum atomic E-state index is 13.2. The fourth-order valence-electron chi connectivity index (χ4n) is 3.41. The standard InChI is InChI=1S/C16H19F3N2O3/c1-23-10-2-3-11(12(20)8-10)13(22)21-14-4-6-15(7-5-14,24-9-14)16(17,18)19/h2-3,8H,4-7,9,20H2,1H3,(H,21,22). The molecule has 1 aromatic carbocycles. The van der Waals surface area contributed by atoms with Gasteiger partial charge in [0.2, 0.25) is 0 Å². The Morgan fingerprint density at radius 2 is 1.96 bits per heavy atom. The molecule has 0 atom stereocenters. The third-order valence-electron chi connectivity index (χ3n) is 5.04. The fraction of sp³-hybridized carbons (Fsp3) is 0.562. The van der Waals surface area contributed by atoms with Gasteiger partial charge in [-0.25, -0.2) is 0 Å². The van der Waals surface area contributed by atoms with Crippen molar-refractivity contribution in [1.29, 1.82) is 0 Å². The van der Waals surface area contributed by atoms with E-state index in [1.807, 2.05) is 0 Å². The Hall–Kier alpha value is -1.96. The van der Waals surface area contributed by atoms with Crippen LogP contribution < -0.4 is 15.8 Å². The number of nitrogen functional groups attached to an aromatic ring is 1. The lowest BCUT2D eigenvalue weighted by molar-refractivity contribution is -0.317. The van der Waals surface area contributed by atoms with E-state index >= 15 is 0 Å². The lowest BCUT2D eigenvalue weighted by Gasteiger charge is -2.53. The average molecular weight is 344 g/mol. The third-order valence-corrected chi connectivity index (χ3v) is 5.04. The molecule has 0 spiro atoms. The maximum absolute atomic E-state index is 13.2. The molecule has 2 heterocycles. The number of nitrogens with one attached hydrogen (secondary N) is 1. The summed E-state index contributed by atoms with van der Waals surface area (Å²) < 4.78 is 49.6. The van der Waals surface area contributed by atoms with Crippen molar-refractivity contribution < 1.29 is 27.4 Å². The number of rotatable bonds is 3. The molecule has 8 heteroatoms. The molecule has 3 N–H and O–H groups in total. The van der Waals surface area contributed by atoms with Crippen LogP contribution in [0.4, 0.5) is 18.9 Å². The van der Waals surface area contributed by atoms with Crippen LogP contribution >= 0.6 is 0 Å². The Bertz CT molecular complexity index is 636. The van der Waals surface area contributed by atoms with E-state index in [-0.39, 0.29) is 43.5 Å². The van der Waals surface area contributed by atoms with Crippen LogP contribution in [0.2, 0.25) is 0 Å². The molecule has 3 fully saturated rings. The number of methoxy groups -OCH3 is 1. The van der Waals surface area contributed by atoms with Crippen molar-refractivity contribution in [3.05, 3.63) is 23.8 Å². The van der Waals surface area contributed by atoms with Gasteiger partial charge in [-0.1, -0.05) is 0 Å². The van der Waals surface area contributed by atoms with Gasteiger partial charge in [-0.15, -0.1) is 0 Å². The number of nitrogens with two attached hydrogens (primary N) is 1. The zero-order chi connectivity index (χ0) is 17.6.